The van der Waals surface area contributed by atoms with Crippen LogP contribution in [0.3, 0.4) is 0 Å². The second-order valence-electron chi connectivity index (χ2n) is 4.30. The smallest absolute Gasteiger partial charge is 0.336 e. The number of amides is 1. The number of aromatic carboxylic acids is 1. The van der Waals surface area contributed by atoms with Crippen LogP contribution >= 0.6 is 0 Å². The number of carboxylic acids is 1. The van der Waals surface area contributed by atoms with Crippen LogP contribution < -0.4 is 10.6 Å². The number of hydrogen-bond acceptors (Lipinski definition) is 3. The first-order valence-corrected chi connectivity index (χ1v) is 6.00. The van der Waals surface area contributed by atoms with Gasteiger partial charge in [0.2, 0.25) is 5.91 Å². The van der Waals surface area contributed by atoms with E-state index in [0.717, 1.165) is 17.7 Å². The van der Waals surface area contributed by atoms with Crippen LogP contribution in [0.4, 0.5) is 5.69 Å². The number of nitrogens with zero attached hydrogens (tertiary/aromatic N) is 1. The first kappa shape index (κ1) is 12.6. The lowest BCUT2D eigenvalue weighted by Crippen LogP contribution is -2.37. The molecule has 2 rings (SSSR count). The van der Waals surface area contributed by atoms with Crippen molar-refractivity contribution in [3.8, 4) is 0 Å². The zero-order valence-electron chi connectivity index (χ0n) is 10.1. The fourth-order valence-corrected chi connectivity index (χ4v) is 2.34. The molecule has 1 heterocycles. The highest BCUT2D eigenvalue weighted by atomic mass is 16.4. The Morgan fingerprint density at radius 2 is 2.17 bits per heavy atom. The van der Waals surface area contributed by atoms with E-state index < -0.39 is 5.97 Å². The minimum atomic E-state index is -0.944. The Morgan fingerprint density at radius 1 is 1.39 bits per heavy atom. The van der Waals surface area contributed by atoms with Crippen LogP contribution in [0.1, 0.15) is 28.8 Å². The number of anilines is 1. The molecule has 0 aromatic heterocycles. The Hall–Kier alpha value is -1.88. The summed E-state index contributed by atoms with van der Waals surface area (Å²) in [4.78, 5) is 24.7. The predicted octanol–water partition coefficient (Wildman–Crippen LogP) is 1.01. The van der Waals surface area contributed by atoms with Crippen molar-refractivity contribution in [3.63, 3.8) is 0 Å². The SMILES string of the molecule is NCCC(=O)N1CCCc2c(C(=O)O)cccc21. The van der Waals surface area contributed by atoms with Gasteiger partial charge in [-0.2, -0.15) is 0 Å². The molecule has 1 aliphatic rings. The molecule has 1 amide bonds. The van der Waals surface area contributed by atoms with Crippen LogP contribution in [0.25, 0.3) is 0 Å². The third-order valence-electron chi connectivity index (χ3n) is 3.14. The van der Waals surface area contributed by atoms with Crippen LogP contribution in [0.15, 0.2) is 18.2 Å². The fourth-order valence-electron chi connectivity index (χ4n) is 2.34. The molecule has 0 atom stereocenters. The molecule has 0 saturated carbocycles. The highest BCUT2D eigenvalue weighted by Crippen LogP contribution is 2.30. The molecule has 0 fully saturated rings. The maximum atomic E-state index is 11.9. The van der Waals surface area contributed by atoms with Gasteiger partial charge in [-0.05, 0) is 30.5 Å². The molecule has 0 unspecified atom stereocenters. The number of fused-ring (bicyclic) bond motifs is 1. The summed E-state index contributed by atoms with van der Waals surface area (Å²) in [5, 5.41) is 9.15. The van der Waals surface area contributed by atoms with E-state index in [1.54, 1.807) is 23.1 Å². The van der Waals surface area contributed by atoms with Crippen LogP contribution in [0, 0.1) is 0 Å². The van der Waals surface area contributed by atoms with E-state index in [2.05, 4.69) is 0 Å². The highest BCUT2D eigenvalue weighted by molar-refractivity contribution is 5.98. The van der Waals surface area contributed by atoms with E-state index in [4.69, 9.17) is 10.8 Å². The molecular formula is C13H16N2O3. The van der Waals surface area contributed by atoms with Crippen molar-refractivity contribution in [3.05, 3.63) is 29.3 Å². The van der Waals surface area contributed by atoms with Crippen molar-refractivity contribution in [2.75, 3.05) is 18.0 Å². The normalized spacial score (nSPS) is 14.2. The summed E-state index contributed by atoms with van der Waals surface area (Å²) in [5.74, 6) is -0.985. The Balaban J connectivity index is 2.41. The molecule has 0 saturated heterocycles. The summed E-state index contributed by atoms with van der Waals surface area (Å²) in [5.41, 5.74) is 7.16. The predicted molar refractivity (Wildman–Crippen MR) is 67.7 cm³/mol. The van der Waals surface area contributed by atoms with Crippen LogP contribution in [0.2, 0.25) is 0 Å². The van der Waals surface area contributed by atoms with Gasteiger partial charge >= 0.3 is 5.97 Å². The second-order valence-corrected chi connectivity index (χ2v) is 4.30. The Morgan fingerprint density at radius 3 is 2.83 bits per heavy atom. The molecular weight excluding hydrogens is 232 g/mol. The fraction of sp³-hybridized carbons (Fsp3) is 0.385. The van der Waals surface area contributed by atoms with E-state index in [1.807, 2.05) is 0 Å². The van der Waals surface area contributed by atoms with E-state index in [-0.39, 0.29) is 17.9 Å². The highest BCUT2D eigenvalue weighted by Gasteiger charge is 2.25. The van der Waals surface area contributed by atoms with E-state index >= 15 is 0 Å². The summed E-state index contributed by atoms with van der Waals surface area (Å²) in [6, 6.07) is 5.06. The summed E-state index contributed by atoms with van der Waals surface area (Å²) in [7, 11) is 0. The van der Waals surface area contributed by atoms with Gasteiger partial charge in [0.15, 0.2) is 0 Å². The van der Waals surface area contributed by atoms with Gasteiger partial charge in [0.25, 0.3) is 0 Å². The Labute approximate surface area is 105 Å². The minimum Gasteiger partial charge on any atom is -0.478 e. The molecule has 0 spiro atoms. The Bertz CT molecular complexity index is 485. The maximum Gasteiger partial charge on any atom is 0.336 e. The van der Waals surface area contributed by atoms with Crippen LogP contribution in [-0.4, -0.2) is 30.1 Å². The topological polar surface area (TPSA) is 83.6 Å². The summed E-state index contributed by atoms with van der Waals surface area (Å²) in [6.45, 7) is 0.943. The van der Waals surface area contributed by atoms with E-state index in [1.165, 1.54) is 0 Å². The standard InChI is InChI=1S/C13H16N2O3/c14-7-6-12(16)15-8-2-4-9-10(13(17)18)3-1-5-11(9)15/h1,3,5H,2,4,6-8,14H2,(H,17,18). The number of hydrogen-bond donors (Lipinski definition) is 2. The maximum absolute atomic E-state index is 11.9. The van der Waals surface area contributed by atoms with Crippen LogP contribution in [0.5, 0.6) is 0 Å². The zero-order valence-corrected chi connectivity index (χ0v) is 10.1. The first-order valence-electron chi connectivity index (χ1n) is 6.00. The summed E-state index contributed by atoms with van der Waals surface area (Å²) < 4.78 is 0. The quantitative estimate of drug-likeness (QED) is 0.836. The second kappa shape index (κ2) is 5.18. The largest absolute Gasteiger partial charge is 0.478 e. The number of nitrogens with two attached hydrogens (primary N) is 1. The zero-order chi connectivity index (χ0) is 13.1. The average Bonchev–Trinajstić information content (AvgIpc) is 2.37. The molecule has 18 heavy (non-hydrogen) atoms. The number of carboxylic acid groups (broad SMARTS) is 1. The number of rotatable bonds is 3. The molecule has 1 aromatic rings. The number of carbonyl (C=O) groups excluding carboxylic acids is 1. The summed E-state index contributed by atoms with van der Waals surface area (Å²) >= 11 is 0. The van der Waals surface area contributed by atoms with E-state index in [9.17, 15) is 9.59 Å². The van der Waals surface area contributed by atoms with Gasteiger partial charge in [0, 0.05) is 25.2 Å². The van der Waals surface area contributed by atoms with Crippen molar-refractivity contribution in [1.29, 1.82) is 0 Å². The molecule has 5 nitrogen and oxygen atoms in total. The van der Waals surface area contributed by atoms with Gasteiger partial charge in [-0.3, -0.25) is 4.79 Å². The average molecular weight is 248 g/mol. The van der Waals surface area contributed by atoms with Gasteiger partial charge in [-0.25, -0.2) is 4.79 Å². The summed E-state index contributed by atoms with van der Waals surface area (Å²) in [6.07, 6.45) is 1.77. The van der Waals surface area contributed by atoms with E-state index in [0.29, 0.717) is 19.5 Å². The van der Waals surface area contributed by atoms with Crippen molar-refractivity contribution >= 4 is 17.6 Å². The molecule has 0 bridgehead atoms. The van der Waals surface area contributed by atoms with Crippen molar-refractivity contribution < 1.29 is 14.7 Å². The molecule has 96 valence electrons. The van der Waals surface area contributed by atoms with Crippen LogP contribution in [-0.2, 0) is 11.2 Å². The third-order valence-corrected chi connectivity index (χ3v) is 3.14. The number of carbonyl (C=O) groups is 2. The lowest BCUT2D eigenvalue weighted by molar-refractivity contribution is -0.118. The minimum absolute atomic E-state index is 0.0408. The van der Waals surface area contributed by atoms with Gasteiger partial charge in [-0.1, -0.05) is 6.07 Å². The molecule has 0 aliphatic carbocycles. The molecule has 3 N–H and O–H groups in total. The third kappa shape index (κ3) is 2.22. The molecule has 1 aromatic carbocycles. The number of benzene rings is 1. The Kier molecular flexibility index (Phi) is 3.62. The van der Waals surface area contributed by atoms with Crippen molar-refractivity contribution in [2.45, 2.75) is 19.3 Å². The lowest BCUT2D eigenvalue weighted by Gasteiger charge is -2.30. The van der Waals surface area contributed by atoms with Gasteiger partial charge in [0.1, 0.15) is 0 Å². The van der Waals surface area contributed by atoms with Crippen molar-refractivity contribution in [1.82, 2.24) is 0 Å². The molecule has 1 aliphatic heterocycles. The van der Waals surface area contributed by atoms with Gasteiger partial charge in [0.05, 0.1) is 5.56 Å². The first-order chi connectivity index (χ1) is 8.65. The lowest BCUT2D eigenvalue weighted by atomic mass is 9.96. The monoisotopic (exact) mass is 248 g/mol. The van der Waals surface area contributed by atoms with Gasteiger partial charge in [-0.15, -0.1) is 0 Å². The molecule has 5 heteroatoms. The van der Waals surface area contributed by atoms with Gasteiger partial charge < -0.3 is 15.7 Å². The molecule has 0 radical (unpaired) electrons. The van der Waals surface area contributed by atoms with Crippen molar-refractivity contribution in [2.24, 2.45) is 5.73 Å².